The molecule has 0 fully saturated rings. The van der Waals surface area contributed by atoms with Gasteiger partial charge in [0.25, 0.3) is 5.91 Å². The fourth-order valence-electron chi connectivity index (χ4n) is 2.92. The summed E-state index contributed by atoms with van der Waals surface area (Å²) < 4.78 is 20.6. The summed E-state index contributed by atoms with van der Waals surface area (Å²) in [4.78, 5) is 30.0. The number of halogens is 2. The fourth-order valence-corrected chi connectivity index (χ4v) is 3.84. The molecule has 0 unspecified atom stereocenters. The van der Waals surface area contributed by atoms with Crippen molar-refractivity contribution in [2.75, 3.05) is 18.5 Å². The van der Waals surface area contributed by atoms with Crippen LogP contribution in [-0.2, 0) is 17.9 Å². The molecule has 9 nitrogen and oxygen atoms in total. The van der Waals surface area contributed by atoms with Gasteiger partial charge in [0.05, 0.1) is 19.4 Å². The Balaban J connectivity index is 0.00000289. The van der Waals surface area contributed by atoms with Gasteiger partial charge in [-0.05, 0) is 35.4 Å². The number of amides is 1. The Morgan fingerprint density at radius 3 is 2.97 bits per heavy atom. The number of carbonyl (C=O) groups is 1. The van der Waals surface area contributed by atoms with Gasteiger partial charge in [0, 0.05) is 22.5 Å². The summed E-state index contributed by atoms with van der Waals surface area (Å²) in [6.07, 6.45) is 7.30. The van der Waals surface area contributed by atoms with Crippen molar-refractivity contribution >= 4 is 47.5 Å². The molecular formula is C20H20ClFN6O3S. The third-order valence-corrected chi connectivity index (χ3v) is 5.54. The summed E-state index contributed by atoms with van der Waals surface area (Å²) in [7, 11) is 0. The molecule has 0 aliphatic carbocycles. The molecular weight excluding hydrogens is 459 g/mol. The quantitative estimate of drug-likeness (QED) is 0.538. The molecule has 1 amide bonds. The molecule has 0 bridgehead atoms. The number of carbonyl (C=O) groups excluding carboxylic acids is 1. The van der Waals surface area contributed by atoms with Gasteiger partial charge in [-0.1, -0.05) is 6.08 Å². The van der Waals surface area contributed by atoms with Gasteiger partial charge in [-0.3, -0.25) is 9.36 Å². The van der Waals surface area contributed by atoms with Gasteiger partial charge >= 0.3 is 5.69 Å². The number of rotatable bonds is 7. The number of hydrogen-bond donors (Lipinski definition) is 2. The van der Waals surface area contributed by atoms with E-state index in [9.17, 15) is 14.0 Å². The number of nitrogens with zero attached hydrogens (tertiary/aromatic N) is 4. The van der Waals surface area contributed by atoms with E-state index in [0.29, 0.717) is 30.0 Å². The van der Waals surface area contributed by atoms with Gasteiger partial charge < -0.3 is 15.8 Å². The summed E-state index contributed by atoms with van der Waals surface area (Å²) in [6, 6.07) is 5.67. The molecule has 32 heavy (non-hydrogen) atoms. The van der Waals surface area contributed by atoms with Crippen LogP contribution in [0.15, 0.2) is 47.4 Å². The molecule has 0 spiro atoms. The Hall–Kier alpha value is -3.28. The van der Waals surface area contributed by atoms with Gasteiger partial charge in [-0.2, -0.15) is 5.10 Å². The standard InChI is InChI=1S/C20H19FN6O3S.ClH/c21-6-14(7-22)9-27-20(29)26(12-24-27)10-16-4-3-15(31-16)2-1-13-5-17-19(23-8-13)30-11-18(28)25-17;/h1-6,8,12H,7,9-11,22H2,(H,25,28);1H/b2-1+,14-6+;. The van der Waals surface area contributed by atoms with E-state index < -0.39 is 0 Å². The lowest BCUT2D eigenvalue weighted by Gasteiger charge is -2.16. The first kappa shape index (κ1) is 23.4. The first-order chi connectivity index (χ1) is 15.1. The van der Waals surface area contributed by atoms with Crippen molar-refractivity contribution < 1.29 is 13.9 Å². The highest BCUT2D eigenvalue weighted by atomic mass is 35.5. The second-order valence-corrected chi connectivity index (χ2v) is 7.97. The van der Waals surface area contributed by atoms with Gasteiger partial charge in [0.2, 0.25) is 5.88 Å². The molecule has 0 aromatic carbocycles. The van der Waals surface area contributed by atoms with Gasteiger partial charge in [0.1, 0.15) is 12.0 Å². The highest BCUT2D eigenvalue weighted by Gasteiger charge is 2.16. The van der Waals surface area contributed by atoms with Crippen LogP contribution < -0.4 is 21.5 Å². The maximum absolute atomic E-state index is 12.7. The largest absolute Gasteiger partial charge is 0.466 e. The number of anilines is 1. The molecule has 12 heteroatoms. The molecule has 1 aliphatic heterocycles. The van der Waals surface area contributed by atoms with E-state index >= 15 is 0 Å². The number of ether oxygens (including phenoxy) is 1. The monoisotopic (exact) mass is 478 g/mol. The van der Waals surface area contributed by atoms with Crippen molar-refractivity contribution in [2.45, 2.75) is 13.1 Å². The molecule has 3 aromatic heterocycles. The van der Waals surface area contributed by atoms with E-state index in [1.807, 2.05) is 24.3 Å². The Labute approximate surface area is 192 Å². The summed E-state index contributed by atoms with van der Waals surface area (Å²) in [5, 5.41) is 6.75. The van der Waals surface area contributed by atoms with Crippen LogP contribution in [0.3, 0.4) is 0 Å². The molecule has 0 radical (unpaired) electrons. The van der Waals surface area contributed by atoms with Crippen molar-refractivity contribution in [1.29, 1.82) is 0 Å². The number of thiophene rings is 1. The number of fused-ring (bicyclic) bond motifs is 1. The maximum Gasteiger partial charge on any atom is 0.346 e. The van der Waals surface area contributed by atoms with Gasteiger partial charge in [-0.15, -0.1) is 23.7 Å². The zero-order valence-corrected chi connectivity index (χ0v) is 18.4. The minimum Gasteiger partial charge on any atom is -0.466 e. The summed E-state index contributed by atoms with van der Waals surface area (Å²) in [5.41, 5.74) is 6.75. The molecule has 0 saturated carbocycles. The third kappa shape index (κ3) is 5.31. The average molecular weight is 479 g/mol. The second kappa shape index (κ2) is 10.4. The van der Waals surface area contributed by atoms with E-state index in [1.54, 1.807) is 12.3 Å². The lowest BCUT2D eigenvalue weighted by atomic mass is 10.2. The predicted octanol–water partition coefficient (Wildman–Crippen LogP) is 2.28. The first-order valence-electron chi connectivity index (χ1n) is 9.35. The van der Waals surface area contributed by atoms with E-state index in [2.05, 4.69) is 15.4 Å². The molecule has 168 valence electrons. The van der Waals surface area contributed by atoms with Crippen LogP contribution in [0.2, 0.25) is 0 Å². The van der Waals surface area contributed by atoms with E-state index in [1.165, 1.54) is 26.9 Å². The molecule has 0 saturated heterocycles. The Morgan fingerprint density at radius 2 is 2.19 bits per heavy atom. The van der Waals surface area contributed by atoms with Gasteiger partial charge in [-0.25, -0.2) is 18.9 Å². The smallest absolute Gasteiger partial charge is 0.346 e. The van der Waals surface area contributed by atoms with Crippen molar-refractivity contribution in [3.63, 3.8) is 0 Å². The number of hydrogen-bond acceptors (Lipinski definition) is 7. The lowest BCUT2D eigenvalue weighted by molar-refractivity contribution is -0.118. The maximum atomic E-state index is 12.7. The lowest BCUT2D eigenvalue weighted by Crippen LogP contribution is -2.26. The van der Waals surface area contributed by atoms with Crippen LogP contribution in [0.25, 0.3) is 12.2 Å². The zero-order valence-electron chi connectivity index (χ0n) is 16.7. The molecule has 3 aromatic rings. The molecule has 4 heterocycles. The molecule has 3 N–H and O–H groups in total. The van der Waals surface area contributed by atoms with Crippen LogP contribution in [0.4, 0.5) is 10.1 Å². The molecule has 4 rings (SSSR count). The van der Waals surface area contributed by atoms with Crippen molar-refractivity contribution in [3.05, 3.63) is 68.4 Å². The average Bonchev–Trinajstić information content (AvgIpc) is 3.37. The Bertz CT molecular complexity index is 1230. The Morgan fingerprint density at radius 1 is 1.34 bits per heavy atom. The van der Waals surface area contributed by atoms with Crippen molar-refractivity contribution in [2.24, 2.45) is 5.73 Å². The van der Waals surface area contributed by atoms with E-state index in [4.69, 9.17) is 10.5 Å². The van der Waals surface area contributed by atoms with Gasteiger partial charge in [0.15, 0.2) is 6.61 Å². The van der Waals surface area contributed by atoms with Crippen LogP contribution in [-0.4, -0.2) is 38.4 Å². The van der Waals surface area contributed by atoms with Crippen molar-refractivity contribution in [3.8, 4) is 5.88 Å². The number of nitrogens with one attached hydrogen (secondary N) is 1. The predicted molar refractivity (Wildman–Crippen MR) is 123 cm³/mol. The highest BCUT2D eigenvalue weighted by molar-refractivity contribution is 7.12. The second-order valence-electron chi connectivity index (χ2n) is 6.77. The van der Waals surface area contributed by atoms with E-state index in [-0.39, 0.29) is 43.7 Å². The molecule has 0 atom stereocenters. The summed E-state index contributed by atoms with van der Waals surface area (Å²) in [6.45, 7) is 0.376. The SMILES string of the molecule is Cl.NC/C(=C\F)Cn1ncn(Cc2ccc(/C=C/c3cnc4c(c3)NC(=O)CO4)s2)c1=O. The number of nitrogens with two attached hydrogens (primary N) is 1. The van der Waals surface area contributed by atoms with E-state index in [0.717, 1.165) is 15.3 Å². The first-order valence-corrected chi connectivity index (χ1v) is 10.2. The van der Waals surface area contributed by atoms with Crippen LogP contribution in [0.1, 0.15) is 15.3 Å². The zero-order chi connectivity index (χ0) is 21.8. The normalized spacial score (nSPS) is 13.4. The highest BCUT2D eigenvalue weighted by Crippen LogP contribution is 2.27. The third-order valence-electron chi connectivity index (χ3n) is 4.50. The summed E-state index contributed by atoms with van der Waals surface area (Å²) >= 11 is 1.53. The minimum absolute atomic E-state index is 0. The topological polar surface area (TPSA) is 117 Å². The van der Waals surface area contributed by atoms with Crippen LogP contribution in [0, 0.1) is 0 Å². The number of aromatic nitrogens is 4. The Kier molecular flexibility index (Phi) is 7.57. The van der Waals surface area contributed by atoms with Crippen LogP contribution in [0.5, 0.6) is 5.88 Å². The fraction of sp³-hybridized carbons (Fsp3) is 0.200. The van der Waals surface area contributed by atoms with Crippen LogP contribution >= 0.6 is 23.7 Å². The molecule has 1 aliphatic rings. The van der Waals surface area contributed by atoms with Crippen molar-refractivity contribution in [1.82, 2.24) is 19.3 Å². The minimum atomic E-state index is -0.331. The number of pyridine rings is 1. The summed E-state index contributed by atoms with van der Waals surface area (Å²) in [5.74, 6) is 0.193.